The Hall–Kier alpha value is -1.29. The largest absolute Gasteiger partial charge is 0.459 e. The summed E-state index contributed by atoms with van der Waals surface area (Å²) < 4.78 is 5.00. The lowest BCUT2D eigenvalue weighted by atomic mass is 9.99. The lowest BCUT2D eigenvalue weighted by Gasteiger charge is -2.27. The van der Waals surface area contributed by atoms with Crippen molar-refractivity contribution >= 4 is 5.91 Å². The molecule has 15 heavy (non-hydrogen) atoms. The van der Waals surface area contributed by atoms with E-state index in [1.54, 1.807) is 12.1 Å². The first kappa shape index (κ1) is 10.2. The van der Waals surface area contributed by atoms with E-state index in [4.69, 9.17) is 4.42 Å². The van der Waals surface area contributed by atoms with Gasteiger partial charge in [0.1, 0.15) is 0 Å². The molecule has 2 N–H and O–H groups in total. The molecule has 1 aliphatic rings. The van der Waals surface area contributed by atoms with Crippen LogP contribution in [0.1, 0.15) is 36.2 Å². The predicted octanol–water partition coefficient (Wildman–Crippen LogP) is 1.31. The number of rotatable bonds is 3. The van der Waals surface area contributed by atoms with E-state index in [1.165, 1.54) is 6.26 Å². The average molecular weight is 209 g/mol. The summed E-state index contributed by atoms with van der Waals surface area (Å²) in [4.78, 5) is 11.7. The summed E-state index contributed by atoms with van der Waals surface area (Å²) >= 11 is 0. The van der Waals surface area contributed by atoms with Gasteiger partial charge in [0.05, 0.1) is 18.4 Å². The molecule has 0 atom stereocenters. The Balaban J connectivity index is 2.04. The second-order valence-electron chi connectivity index (χ2n) is 4.08. The van der Waals surface area contributed by atoms with Crippen molar-refractivity contribution in [3.05, 3.63) is 24.2 Å². The zero-order chi connectivity index (χ0) is 10.7. The molecule has 0 aliphatic heterocycles. The maximum atomic E-state index is 11.7. The Morgan fingerprint density at radius 1 is 1.53 bits per heavy atom. The molecule has 1 aromatic rings. The fourth-order valence-corrected chi connectivity index (χ4v) is 2.08. The van der Waals surface area contributed by atoms with Crippen molar-refractivity contribution in [2.75, 3.05) is 6.61 Å². The number of carbonyl (C=O) groups excluding carboxylic acids is 1. The molecular formula is C11H15NO3. The molecule has 1 aliphatic carbocycles. The molecule has 1 amide bonds. The van der Waals surface area contributed by atoms with Crippen molar-refractivity contribution in [3.8, 4) is 0 Å². The van der Waals surface area contributed by atoms with Crippen molar-refractivity contribution < 1.29 is 14.3 Å². The molecule has 1 saturated carbocycles. The smallest absolute Gasteiger partial charge is 0.287 e. The summed E-state index contributed by atoms with van der Waals surface area (Å²) in [6.45, 7) is -0.000547. The second-order valence-corrected chi connectivity index (χ2v) is 4.08. The minimum atomic E-state index is -0.427. The van der Waals surface area contributed by atoms with E-state index in [-0.39, 0.29) is 12.5 Å². The van der Waals surface area contributed by atoms with Crippen molar-refractivity contribution in [2.45, 2.75) is 31.2 Å². The van der Waals surface area contributed by atoms with Crippen LogP contribution < -0.4 is 5.32 Å². The fraction of sp³-hybridized carbons (Fsp3) is 0.545. The highest BCUT2D eigenvalue weighted by molar-refractivity contribution is 5.91. The van der Waals surface area contributed by atoms with Gasteiger partial charge in [-0.05, 0) is 25.0 Å². The van der Waals surface area contributed by atoms with Gasteiger partial charge in [-0.2, -0.15) is 0 Å². The molecule has 0 unspecified atom stereocenters. The van der Waals surface area contributed by atoms with Gasteiger partial charge < -0.3 is 14.8 Å². The van der Waals surface area contributed by atoms with E-state index in [0.717, 1.165) is 25.7 Å². The molecule has 1 fully saturated rings. The van der Waals surface area contributed by atoms with Gasteiger partial charge in [0.2, 0.25) is 0 Å². The summed E-state index contributed by atoms with van der Waals surface area (Å²) in [7, 11) is 0. The monoisotopic (exact) mass is 209 g/mol. The number of carbonyl (C=O) groups is 1. The van der Waals surface area contributed by atoms with E-state index >= 15 is 0 Å². The predicted molar refractivity (Wildman–Crippen MR) is 54.5 cm³/mol. The van der Waals surface area contributed by atoms with Gasteiger partial charge in [-0.1, -0.05) is 12.8 Å². The summed E-state index contributed by atoms with van der Waals surface area (Å²) in [6, 6.07) is 3.30. The lowest BCUT2D eigenvalue weighted by Crippen LogP contribution is -2.49. The van der Waals surface area contributed by atoms with Crippen LogP contribution in [0.2, 0.25) is 0 Å². The molecule has 0 radical (unpaired) electrons. The third-order valence-electron chi connectivity index (χ3n) is 2.99. The Kier molecular flexibility index (Phi) is 2.77. The molecule has 0 aromatic carbocycles. The maximum Gasteiger partial charge on any atom is 0.287 e. The topological polar surface area (TPSA) is 62.5 Å². The number of aliphatic hydroxyl groups excluding tert-OH is 1. The van der Waals surface area contributed by atoms with E-state index in [0.29, 0.717) is 5.76 Å². The summed E-state index contributed by atoms with van der Waals surface area (Å²) in [5.74, 6) is 0.0608. The van der Waals surface area contributed by atoms with Crippen LogP contribution >= 0.6 is 0 Å². The first-order valence-electron chi connectivity index (χ1n) is 5.23. The minimum absolute atomic E-state index is 0.000547. The van der Waals surface area contributed by atoms with Crippen LogP contribution in [0, 0.1) is 0 Å². The van der Waals surface area contributed by atoms with Crippen LogP contribution in [0.15, 0.2) is 22.8 Å². The number of aliphatic hydroxyl groups is 1. The minimum Gasteiger partial charge on any atom is -0.459 e. The third kappa shape index (κ3) is 2.04. The molecule has 1 aromatic heterocycles. The molecule has 82 valence electrons. The van der Waals surface area contributed by atoms with Crippen molar-refractivity contribution in [1.29, 1.82) is 0 Å². The lowest BCUT2D eigenvalue weighted by molar-refractivity contribution is 0.0810. The first-order chi connectivity index (χ1) is 7.26. The fourth-order valence-electron chi connectivity index (χ4n) is 2.08. The summed E-state index contributed by atoms with van der Waals surface area (Å²) in [5, 5.41) is 12.2. The average Bonchev–Trinajstić information content (AvgIpc) is 2.88. The van der Waals surface area contributed by atoms with Crippen LogP contribution in [0.5, 0.6) is 0 Å². The molecular weight excluding hydrogens is 194 g/mol. The number of hydrogen-bond acceptors (Lipinski definition) is 3. The normalized spacial score (nSPS) is 19.0. The van der Waals surface area contributed by atoms with E-state index in [2.05, 4.69) is 5.32 Å². The van der Waals surface area contributed by atoms with E-state index in [1.807, 2.05) is 0 Å². The summed E-state index contributed by atoms with van der Waals surface area (Å²) in [5.41, 5.74) is -0.427. The van der Waals surface area contributed by atoms with Crippen molar-refractivity contribution in [2.24, 2.45) is 0 Å². The highest BCUT2D eigenvalue weighted by Crippen LogP contribution is 2.29. The standard InChI is InChI=1S/C11H15NO3/c13-8-11(5-1-2-6-11)12-10(14)9-4-3-7-15-9/h3-4,7,13H,1-2,5-6,8H2,(H,12,14). The van der Waals surface area contributed by atoms with E-state index in [9.17, 15) is 9.90 Å². The van der Waals surface area contributed by atoms with Crippen molar-refractivity contribution in [3.63, 3.8) is 0 Å². The Labute approximate surface area is 88.3 Å². The van der Waals surface area contributed by atoms with E-state index < -0.39 is 5.54 Å². The molecule has 4 nitrogen and oxygen atoms in total. The van der Waals surface area contributed by atoms with Gasteiger partial charge in [-0.25, -0.2) is 0 Å². The highest BCUT2D eigenvalue weighted by Gasteiger charge is 2.35. The summed E-state index contributed by atoms with van der Waals surface area (Å²) in [6.07, 6.45) is 5.26. The van der Waals surface area contributed by atoms with Crippen molar-refractivity contribution in [1.82, 2.24) is 5.32 Å². The van der Waals surface area contributed by atoms with Crippen LogP contribution in [0.25, 0.3) is 0 Å². The number of amides is 1. The van der Waals surface area contributed by atoms with Crippen LogP contribution in [0.3, 0.4) is 0 Å². The zero-order valence-electron chi connectivity index (χ0n) is 8.53. The molecule has 1 heterocycles. The van der Waals surface area contributed by atoms with Crippen LogP contribution in [0.4, 0.5) is 0 Å². The van der Waals surface area contributed by atoms with Gasteiger partial charge in [-0.3, -0.25) is 4.79 Å². The third-order valence-corrected chi connectivity index (χ3v) is 2.99. The SMILES string of the molecule is O=C(NC1(CO)CCCC1)c1ccco1. The van der Waals surface area contributed by atoms with Gasteiger partial charge in [0.15, 0.2) is 5.76 Å². The first-order valence-corrected chi connectivity index (χ1v) is 5.23. The molecule has 0 bridgehead atoms. The molecule has 0 spiro atoms. The van der Waals surface area contributed by atoms with Crippen LogP contribution in [-0.4, -0.2) is 23.2 Å². The molecule has 0 saturated heterocycles. The second kappa shape index (κ2) is 4.06. The molecule has 4 heteroatoms. The zero-order valence-corrected chi connectivity index (χ0v) is 8.53. The van der Waals surface area contributed by atoms with Gasteiger partial charge >= 0.3 is 0 Å². The Bertz CT molecular complexity index is 326. The maximum absolute atomic E-state index is 11.7. The van der Waals surface area contributed by atoms with Crippen LogP contribution in [-0.2, 0) is 0 Å². The van der Waals surface area contributed by atoms with Gasteiger partial charge in [0, 0.05) is 0 Å². The Morgan fingerprint density at radius 3 is 2.80 bits per heavy atom. The number of nitrogens with one attached hydrogen (secondary N) is 1. The number of furan rings is 1. The number of hydrogen-bond donors (Lipinski definition) is 2. The highest BCUT2D eigenvalue weighted by atomic mass is 16.3. The molecule has 2 rings (SSSR count). The van der Waals surface area contributed by atoms with Gasteiger partial charge in [0.25, 0.3) is 5.91 Å². The quantitative estimate of drug-likeness (QED) is 0.789. The van der Waals surface area contributed by atoms with Gasteiger partial charge in [-0.15, -0.1) is 0 Å². The Morgan fingerprint density at radius 2 is 2.27 bits per heavy atom.